The molecular formula is C23H20N2O4. The summed E-state index contributed by atoms with van der Waals surface area (Å²) in [7, 11) is 3.10. The van der Waals surface area contributed by atoms with Crippen molar-refractivity contribution in [3.8, 4) is 11.5 Å². The minimum atomic E-state index is -0.261. The van der Waals surface area contributed by atoms with Crippen molar-refractivity contribution in [1.29, 1.82) is 0 Å². The van der Waals surface area contributed by atoms with E-state index in [9.17, 15) is 9.59 Å². The molecule has 1 heterocycles. The third-order valence-corrected chi connectivity index (χ3v) is 4.92. The van der Waals surface area contributed by atoms with Crippen LogP contribution in [0.15, 0.2) is 66.7 Å². The van der Waals surface area contributed by atoms with E-state index in [0.717, 1.165) is 5.56 Å². The second kappa shape index (κ2) is 7.67. The Kier molecular flexibility index (Phi) is 4.91. The largest absolute Gasteiger partial charge is 0.497 e. The van der Waals surface area contributed by atoms with Crippen LogP contribution in [0.1, 0.15) is 26.3 Å². The molecule has 0 radical (unpaired) electrons. The predicted octanol–water partition coefficient (Wildman–Crippen LogP) is 4.12. The fourth-order valence-electron chi connectivity index (χ4n) is 3.35. The third kappa shape index (κ3) is 3.52. The Hall–Kier alpha value is -3.80. The molecule has 0 atom stereocenters. The average Bonchev–Trinajstić information content (AvgIpc) is 3.10. The topological polar surface area (TPSA) is 67.9 Å². The lowest BCUT2D eigenvalue weighted by Gasteiger charge is -2.18. The number of ether oxygens (including phenoxy) is 2. The molecule has 2 amide bonds. The molecule has 0 unspecified atom stereocenters. The number of benzene rings is 3. The van der Waals surface area contributed by atoms with Gasteiger partial charge < -0.3 is 19.7 Å². The lowest BCUT2D eigenvalue weighted by Crippen LogP contribution is -2.23. The van der Waals surface area contributed by atoms with Crippen LogP contribution in [0.2, 0.25) is 0 Å². The van der Waals surface area contributed by atoms with Crippen LogP contribution in [0.5, 0.6) is 11.5 Å². The van der Waals surface area contributed by atoms with E-state index >= 15 is 0 Å². The first-order valence-electron chi connectivity index (χ1n) is 9.14. The number of nitrogens with one attached hydrogen (secondary N) is 1. The number of hydrogen-bond acceptors (Lipinski definition) is 4. The number of rotatable bonds is 5. The van der Waals surface area contributed by atoms with E-state index in [-0.39, 0.29) is 11.8 Å². The molecule has 1 aliphatic heterocycles. The maximum atomic E-state index is 12.7. The maximum Gasteiger partial charge on any atom is 0.258 e. The normalized spacial score (nSPS) is 12.5. The molecule has 6 heteroatoms. The number of hydrogen-bond donors (Lipinski definition) is 1. The van der Waals surface area contributed by atoms with E-state index < -0.39 is 0 Å². The van der Waals surface area contributed by atoms with Gasteiger partial charge in [0.05, 0.1) is 26.5 Å². The molecule has 0 fully saturated rings. The number of methoxy groups -OCH3 is 2. The highest BCUT2D eigenvalue weighted by Crippen LogP contribution is 2.34. The summed E-state index contributed by atoms with van der Waals surface area (Å²) in [5.41, 5.74) is 3.45. The summed E-state index contributed by atoms with van der Waals surface area (Å²) < 4.78 is 10.6. The van der Waals surface area contributed by atoms with Crippen LogP contribution < -0.4 is 19.7 Å². The van der Waals surface area contributed by atoms with Gasteiger partial charge in [-0.2, -0.15) is 0 Å². The van der Waals surface area contributed by atoms with Gasteiger partial charge in [0.25, 0.3) is 11.8 Å². The summed E-state index contributed by atoms with van der Waals surface area (Å²) in [6.45, 7) is 0.510. The average molecular weight is 388 g/mol. The van der Waals surface area contributed by atoms with Gasteiger partial charge in [0.15, 0.2) is 0 Å². The van der Waals surface area contributed by atoms with E-state index in [2.05, 4.69) is 5.32 Å². The molecular weight excluding hydrogens is 368 g/mol. The molecule has 0 aliphatic carbocycles. The summed E-state index contributed by atoms with van der Waals surface area (Å²) in [6, 6.07) is 19.7. The zero-order valence-corrected chi connectivity index (χ0v) is 16.1. The minimum Gasteiger partial charge on any atom is -0.497 e. The zero-order chi connectivity index (χ0) is 20.4. The van der Waals surface area contributed by atoms with Crippen LogP contribution in [0, 0.1) is 0 Å². The Morgan fingerprint density at radius 2 is 1.72 bits per heavy atom. The molecule has 0 spiro atoms. The Morgan fingerprint density at radius 3 is 2.41 bits per heavy atom. The summed E-state index contributed by atoms with van der Waals surface area (Å²) >= 11 is 0. The first-order chi connectivity index (χ1) is 14.1. The van der Waals surface area contributed by atoms with Crippen molar-refractivity contribution in [3.05, 3.63) is 83.4 Å². The second-order valence-electron chi connectivity index (χ2n) is 6.62. The molecule has 146 valence electrons. The number of carbonyl (C=O) groups is 2. The van der Waals surface area contributed by atoms with Gasteiger partial charge in [-0.3, -0.25) is 9.59 Å². The minimum absolute atomic E-state index is 0.0438. The van der Waals surface area contributed by atoms with E-state index in [1.54, 1.807) is 54.5 Å². The highest BCUT2D eigenvalue weighted by molar-refractivity contribution is 6.10. The molecule has 3 aromatic carbocycles. The van der Waals surface area contributed by atoms with E-state index in [1.807, 2.05) is 24.3 Å². The molecule has 6 nitrogen and oxygen atoms in total. The molecule has 0 bridgehead atoms. The lowest BCUT2D eigenvalue weighted by molar-refractivity contribution is 0.0994. The van der Waals surface area contributed by atoms with Crippen molar-refractivity contribution in [3.63, 3.8) is 0 Å². The first kappa shape index (κ1) is 18.6. The van der Waals surface area contributed by atoms with Crippen LogP contribution in [0.4, 0.5) is 11.4 Å². The molecule has 1 N–H and O–H groups in total. The highest BCUT2D eigenvalue weighted by Gasteiger charge is 2.28. The van der Waals surface area contributed by atoms with E-state index in [0.29, 0.717) is 40.5 Å². The SMILES string of the molecule is COc1ccc(C(=O)Nc2ccc(N3Cc4ccccc4C3=O)cc2OC)cc1. The Morgan fingerprint density at radius 1 is 0.966 bits per heavy atom. The Labute approximate surface area is 168 Å². The van der Waals surface area contributed by atoms with Crippen LogP contribution in [0.25, 0.3) is 0 Å². The van der Waals surface area contributed by atoms with Crippen LogP contribution in [-0.4, -0.2) is 26.0 Å². The van der Waals surface area contributed by atoms with Crippen molar-refractivity contribution >= 4 is 23.2 Å². The van der Waals surface area contributed by atoms with Crippen LogP contribution in [-0.2, 0) is 6.54 Å². The molecule has 0 saturated heterocycles. The van der Waals surface area contributed by atoms with Crippen LogP contribution in [0.3, 0.4) is 0 Å². The molecule has 29 heavy (non-hydrogen) atoms. The van der Waals surface area contributed by atoms with Gasteiger partial charge in [0.1, 0.15) is 11.5 Å². The second-order valence-corrected chi connectivity index (χ2v) is 6.62. The van der Waals surface area contributed by atoms with Gasteiger partial charge in [-0.25, -0.2) is 0 Å². The Bertz CT molecular complexity index is 1080. The predicted molar refractivity (Wildman–Crippen MR) is 111 cm³/mol. The lowest BCUT2D eigenvalue weighted by atomic mass is 10.1. The molecule has 0 saturated carbocycles. The number of amides is 2. The number of carbonyl (C=O) groups excluding carboxylic acids is 2. The van der Waals surface area contributed by atoms with Crippen molar-refractivity contribution in [2.45, 2.75) is 6.54 Å². The fourth-order valence-corrected chi connectivity index (χ4v) is 3.35. The summed E-state index contributed by atoms with van der Waals surface area (Å²) in [4.78, 5) is 27.0. The van der Waals surface area contributed by atoms with Gasteiger partial charge in [-0.05, 0) is 48.0 Å². The fraction of sp³-hybridized carbons (Fsp3) is 0.130. The molecule has 4 rings (SSSR count). The molecule has 0 aromatic heterocycles. The zero-order valence-electron chi connectivity index (χ0n) is 16.1. The number of anilines is 2. The highest BCUT2D eigenvalue weighted by atomic mass is 16.5. The maximum absolute atomic E-state index is 12.7. The molecule has 3 aromatic rings. The van der Waals surface area contributed by atoms with E-state index in [1.165, 1.54) is 7.11 Å². The Balaban J connectivity index is 1.56. The van der Waals surface area contributed by atoms with Crippen molar-refractivity contribution in [2.24, 2.45) is 0 Å². The third-order valence-electron chi connectivity index (χ3n) is 4.92. The standard InChI is InChI=1S/C23H20N2O4/c1-28-18-10-7-15(8-11-18)22(26)24-20-12-9-17(13-21(20)29-2)25-14-16-5-3-4-6-19(16)23(25)27/h3-13H,14H2,1-2H3,(H,24,26). The number of nitrogens with zero attached hydrogens (tertiary/aromatic N) is 1. The quantitative estimate of drug-likeness (QED) is 0.714. The van der Waals surface area contributed by atoms with Gasteiger partial charge in [-0.1, -0.05) is 18.2 Å². The van der Waals surface area contributed by atoms with Gasteiger partial charge in [-0.15, -0.1) is 0 Å². The smallest absolute Gasteiger partial charge is 0.258 e. The van der Waals surface area contributed by atoms with E-state index in [4.69, 9.17) is 9.47 Å². The summed E-state index contributed by atoms with van der Waals surface area (Å²) in [5, 5.41) is 2.85. The summed E-state index contributed by atoms with van der Waals surface area (Å²) in [6.07, 6.45) is 0. The molecule has 1 aliphatic rings. The summed E-state index contributed by atoms with van der Waals surface area (Å²) in [5.74, 6) is 0.855. The van der Waals surface area contributed by atoms with Gasteiger partial charge in [0, 0.05) is 22.9 Å². The first-order valence-corrected chi connectivity index (χ1v) is 9.14. The van der Waals surface area contributed by atoms with Crippen molar-refractivity contribution in [2.75, 3.05) is 24.4 Å². The monoisotopic (exact) mass is 388 g/mol. The van der Waals surface area contributed by atoms with Gasteiger partial charge >= 0.3 is 0 Å². The van der Waals surface area contributed by atoms with Gasteiger partial charge in [0.2, 0.25) is 0 Å². The van der Waals surface area contributed by atoms with Crippen molar-refractivity contribution < 1.29 is 19.1 Å². The van der Waals surface area contributed by atoms with Crippen LogP contribution >= 0.6 is 0 Å². The van der Waals surface area contributed by atoms with Crippen molar-refractivity contribution in [1.82, 2.24) is 0 Å². The number of fused-ring (bicyclic) bond motifs is 1.